The molecular weight excluding hydrogens is 226 g/mol. The van der Waals surface area contributed by atoms with Gasteiger partial charge in [0.2, 0.25) is 0 Å². The van der Waals surface area contributed by atoms with E-state index in [1.54, 1.807) is 0 Å². The molecule has 0 aromatic heterocycles. The van der Waals surface area contributed by atoms with Crippen LogP contribution in [0.5, 0.6) is 5.75 Å². The number of phenolic OH excluding ortho intramolecular Hbond substituents is 1. The summed E-state index contributed by atoms with van der Waals surface area (Å²) < 4.78 is 0. The molecule has 1 N–H and O–H groups in total. The molecule has 0 unspecified atom stereocenters. The van der Waals surface area contributed by atoms with Gasteiger partial charge >= 0.3 is 5.69 Å². The van der Waals surface area contributed by atoms with E-state index in [4.69, 9.17) is 5.11 Å². The van der Waals surface area contributed by atoms with Crippen molar-refractivity contribution in [1.82, 2.24) is 0 Å². The molecule has 0 fully saturated rings. The van der Waals surface area contributed by atoms with Gasteiger partial charge in [0.15, 0.2) is 5.75 Å². The highest BCUT2D eigenvalue weighted by molar-refractivity contribution is 9.10. The van der Waals surface area contributed by atoms with Crippen molar-refractivity contribution in [3.8, 4) is 5.75 Å². The standard InChI is InChI=1S/C7H5BrNO3/c8-4-5-2-1-3-6(10)7(5)9(11)12/h1-4,10H. The van der Waals surface area contributed by atoms with Gasteiger partial charge in [-0.1, -0.05) is 28.1 Å². The molecule has 1 aromatic rings. The molecule has 4 nitrogen and oxygen atoms in total. The van der Waals surface area contributed by atoms with Gasteiger partial charge in [0, 0.05) is 5.56 Å². The van der Waals surface area contributed by atoms with Crippen LogP contribution in [-0.2, 0) is 0 Å². The maximum absolute atomic E-state index is 10.4. The number of nitro benzene ring substituents is 1. The second-order valence-corrected chi connectivity index (χ2v) is 2.54. The van der Waals surface area contributed by atoms with Gasteiger partial charge in [-0.3, -0.25) is 10.1 Å². The number of nitrogens with zero attached hydrogens (tertiary/aromatic N) is 1. The number of benzene rings is 1. The Bertz CT molecular complexity index is 314. The molecule has 1 radical (unpaired) electrons. The first-order chi connectivity index (χ1) is 5.66. The first-order valence-corrected chi connectivity index (χ1v) is 3.98. The zero-order valence-electron chi connectivity index (χ0n) is 5.90. The van der Waals surface area contributed by atoms with Crippen molar-refractivity contribution in [3.63, 3.8) is 0 Å². The number of halogens is 1. The van der Waals surface area contributed by atoms with Crippen LogP contribution in [0.4, 0.5) is 5.69 Å². The molecule has 12 heavy (non-hydrogen) atoms. The van der Waals surface area contributed by atoms with Crippen LogP contribution >= 0.6 is 15.9 Å². The molecule has 0 aliphatic heterocycles. The molecule has 0 atom stereocenters. The van der Waals surface area contributed by atoms with Crippen molar-refractivity contribution in [2.24, 2.45) is 0 Å². The number of hydrogen-bond donors (Lipinski definition) is 1. The zero-order valence-corrected chi connectivity index (χ0v) is 7.48. The van der Waals surface area contributed by atoms with E-state index < -0.39 is 4.92 Å². The predicted octanol–water partition coefficient (Wildman–Crippen LogP) is 2.21. The molecule has 0 saturated carbocycles. The summed E-state index contributed by atoms with van der Waals surface area (Å²) >= 11 is 2.97. The van der Waals surface area contributed by atoms with E-state index in [0.29, 0.717) is 5.56 Å². The summed E-state index contributed by atoms with van der Waals surface area (Å²) in [5, 5.41) is 20.9. The van der Waals surface area contributed by atoms with Gasteiger partial charge < -0.3 is 5.11 Å². The first kappa shape index (κ1) is 8.99. The fourth-order valence-electron chi connectivity index (χ4n) is 0.836. The maximum Gasteiger partial charge on any atom is 0.315 e. The SMILES string of the molecule is O=[N+]([O-])c1c(O)cccc1[CH]Br. The number of hydrogen-bond acceptors (Lipinski definition) is 3. The van der Waals surface area contributed by atoms with Crippen molar-refractivity contribution in [2.45, 2.75) is 0 Å². The van der Waals surface area contributed by atoms with E-state index in [1.165, 1.54) is 23.5 Å². The van der Waals surface area contributed by atoms with E-state index in [2.05, 4.69) is 15.9 Å². The van der Waals surface area contributed by atoms with Gasteiger partial charge in [-0.15, -0.1) is 0 Å². The smallest absolute Gasteiger partial charge is 0.315 e. The topological polar surface area (TPSA) is 63.4 Å². The second-order valence-electron chi connectivity index (χ2n) is 2.08. The summed E-state index contributed by atoms with van der Waals surface area (Å²) in [6.45, 7) is 0. The maximum atomic E-state index is 10.4. The highest BCUT2D eigenvalue weighted by Gasteiger charge is 2.17. The van der Waals surface area contributed by atoms with E-state index in [-0.39, 0.29) is 11.4 Å². The van der Waals surface area contributed by atoms with E-state index in [0.717, 1.165) is 0 Å². The normalized spacial score (nSPS) is 9.75. The van der Waals surface area contributed by atoms with Crippen LogP contribution in [0.3, 0.4) is 0 Å². The van der Waals surface area contributed by atoms with E-state index in [9.17, 15) is 10.1 Å². The third kappa shape index (κ3) is 1.55. The average molecular weight is 231 g/mol. The molecule has 0 aliphatic carbocycles. The molecule has 0 saturated heterocycles. The van der Waals surface area contributed by atoms with Gasteiger partial charge in [0.05, 0.1) is 10.3 Å². The van der Waals surface area contributed by atoms with Crippen LogP contribution in [-0.4, -0.2) is 10.0 Å². The minimum atomic E-state index is -0.623. The predicted molar refractivity (Wildman–Crippen MR) is 47.1 cm³/mol. The van der Waals surface area contributed by atoms with Crippen molar-refractivity contribution in [1.29, 1.82) is 0 Å². The lowest BCUT2D eigenvalue weighted by Crippen LogP contribution is -1.92. The Kier molecular flexibility index (Phi) is 2.65. The Labute approximate surface area is 77.1 Å². The fourth-order valence-corrected chi connectivity index (χ4v) is 1.21. The molecule has 1 aromatic carbocycles. The van der Waals surface area contributed by atoms with Crippen molar-refractivity contribution in [2.75, 3.05) is 0 Å². The highest BCUT2D eigenvalue weighted by Crippen LogP contribution is 2.31. The Morgan fingerprint density at radius 3 is 2.67 bits per heavy atom. The van der Waals surface area contributed by atoms with E-state index in [1.807, 2.05) is 0 Å². The third-order valence-electron chi connectivity index (χ3n) is 1.35. The van der Waals surface area contributed by atoms with E-state index >= 15 is 0 Å². The van der Waals surface area contributed by atoms with Crippen LogP contribution < -0.4 is 0 Å². The largest absolute Gasteiger partial charge is 0.502 e. The molecule has 1 rings (SSSR count). The third-order valence-corrected chi connectivity index (χ3v) is 1.84. The van der Waals surface area contributed by atoms with Gasteiger partial charge in [-0.2, -0.15) is 0 Å². The quantitative estimate of drug-likeness (QED) is 0.626. The number of phenols is 1. The zero-order chi connectivity index (χ0) is 9.14. The monoisotopic (exact) mass is 230 g/mol. The molecule has 0 bridgehead atoms. The number of rotatable bonds is 2. The Morgan fingerprint density at radius 2 is 2.25 bits per heavy atom. The van der Waals surface area contributed by atoms with Crippen LogP contribution in [0.15, 0.2) is 18.2 Å². The van der Waals surface area contributed by atoms with Crippen molar-refractivity contribution >= 4 is 21.6 Å². The number of aromatic hydroxyl groups is 1. The van der Waals surface area contributed by atoms with Crippen LogP contribution in [0.2, 0.25) is 0 Å². The van der Waals surface area contributed by atoms with Gasteiger partial charge in [0.1, 0.15) is 0 Å². The second kappa shape index (κ2) is 3.53. The summed E-state index contributed by atoms with van der Waals surface area (Å²) in [4.78, 5) is 9.78. The lowest BCUT2D eigenvalue weighted by molar-refractivity contribution is -0.386. The summed E-state index contributed by atoms with van der Waals surface area (Å²) in [5.41, 5.74) is 0.0642. The molecule has 63 valence electrons. The lowest BCUT2D eigenvalue weighted by Gasteiger charge is -1.99. The Morgan fingerprint density at radius 1 is 1.58 bits per heavy atom. The minimum Gasteiger partial charge on any atom is -0.502 e. The fraction of sp³-hybridized carbons (Fsp3) is 0. The average Bonchev–Trinajstić information content (AvgIpc) is 2.03. The van der Waals surface area contributed by atoms with Crippen molar-refractivity contribution in [3.05, 3.63) is 39.2 Å². The Balaban J connectivity index is 3.29. The number of para-hydroxylation sites is 1. The van der Waals surface area contributed by atoms with Crippen LogP contribution in [0.1, 0.15) is 5.56 Å². The van der Waals surface area contributed by atoms with Gasteiger partial charge in [0.25, 0.3) is 0 Å². The highest BCUT2D eigenvalue weighted by atomic mass is 79.9. The van der Waals surface area contributed by atoms with Crippen molar-refractivity contribution < 1.29 is 10.0 Å². The number of nitro groups is 1. The van der Waals surface area contributed by atoms with Gasteiger partial charge in [-0.05, 0) is 6.07 Å². The summed E-state index contributed by atoms with van der Waals surface area (Å²) in [6.07, 6.45) is 0. The molecular formula is C7H5BrNO3. The van der Waals surface area contributed by atoms with Crippen LogP contribution in [0.25, 0.3) is 0 Å². The van der Waals surface area contributed by atoms with Crippen LogP contribution in [0, 0.1) is 15.4 Å². The Hall–Kier alpha value is -1.10. The minimum absolute atomic E-state index is 0.283. The molecule has 0 heterocycles. The molecule has 0 amide bonds. The molecule has 5 heteroatoms. The summed E-state index contributed by atoms with van der Waals surface area (Å²) in [6, 6.07) is 4.35. The summed E-state index contributed by atoms with van der Waals surface area (Å²) in [5.74, 6) is -0.326. The lowest BCUT2D eigenvalue weighted by atomic mass is 10.2. The molecule has 0 spiro atoms. The molecule has 0 aliphatic rings. The van der Waals surface area contributed by atoms with Gasteiger partial charge in [-0.25, -0.2) is 0 Å². The first-order valence-electron chi connectivity index (χ1n) is 3.06. The summed E-state index contributed by atoms with van der Waals surface area (Å²) in [7, 11) is 0.